The van der Waals surface area contributed by atoms with Gasteiger partial charge in [0.05, 0.1) is 7.11 Å². The minimum absolute atomic E-state index is 0.0650. The van der Waals surface area contributed by atoms with Crippen LogP contribution in [0.4, 0.5) is 5.69 Å². The molecular weight excluding hydrogens is 346 g/mol. The quantitative estimate of drug-likeness (QED) is 0.780. The van der Waals surface area contributed by atoms with Gasteiger partial charge in [-0.1, -0.05) is 0 Å². The number of nitrogens with two attached hydrogens (primary N) is 1. The molecular formula is C12H18BrN3O3S. The number of hydrogen-bond acceptors (Lipinski definition) is 5. The van der Waals surface area contributed by atoms with Gasteiger partial charge in [0.25, 0.3) is 0 Å². The number of methoxy groups -OCH3 is 1. The van der Waals surface area contributed by atoms with Gasteiger partial charge in [-0.3, -0.25) is 0 Å². The maximum Gasteiger partial charge on any atom is 0.244 e. The lowest BCUT2D eigenvalue weighted by atomic mass is 10.3. The van der Waals surface area contributed by atoms with Gasteiger partial charge >= 0.3 is 0 Å². The summed E-state index contributed by atoms with van der Waals surface area (Å²) in [4.78, 5) is 2.15. The molecule has 1 fully saturated rings. The highest BCUT2D eigenvalue weighted by molar-refractivity contribution is 9.10. The molecule has 1 unspecified atom stereocenters. The van der Waals surface area contributed by atoms with Crippen LogP contribution in [0.5, 0.6) is 5.75 Å². The number of nitrogens with zero attached hydrogens (tertiary/aromatic N) is 1. The molecule has 2 rings (SSSR count). The van der Waals surface area contributed by atoms with Crippen LogP contribution in [-0.2, 0) is 10.0 Å². The molecule has 0 radical (unpaired) electrons. The van der Waals surface area contributed by atoms with E-state index < -0.39 is 10.0 Å². The van der Waals surface area contributed by atoms with E-state index in [1.165, 1.54) is 13.2 Å². The van der Waals surface area contributed by atoms with E-state index in [9.17, 15) is 8.42 Å². The van der Waals surface area contributed by atoms with Gasteiger partial charge in [0.2, 0.25) is 10.0 Å². The van der Waals surface area contributed by atoms with Gasteiger partial charge in [-0.15, -0.1) is 0 Å². The fraction of sp³-hybridized carbons (Fsp3) is 0.500. The van der Waals surface area contributed by atoms with Gasteiger partial charge in [-0.2, -0.15) is 0 Å². The van der Waals surface area contributed by atoms with Crippen molar-refractivity contribution in [3.63, 3.8) is 0 Å². The molecule has 1 aromatic carbocycles. The molecule has 8 heteroatoms. The number of anilines is 1. The summed E-state index contributed by atoms with van der Waals surface area (Å²) in [6.07, 6.45) is 0.796. The Morgan fingerprint density at radius 2 is 2.20 bits per heavy atom. The fourth-order valence-electron chi connectivity index (χ4n) is 2.23. The molecule has 1 aliphatic rings. The Balaban J connectivity index is 2.31. The lowest BCUT2D eigenvalue weighted by molar-refractivity contribution is 0.399. The minimum atomic E-state index is -3.65. The van der Waals surface area contributed by atoms with Gasteiger partial charge in [0, 0.05) is 22.7 Å². The number of rotatable bonds is 4. The van der Waals surface area contributed by atoms with Crippen molar-refractivity contribution in [2.45, 2.75) is 17.4 Å². The Morgan fingerprint density at radius 3 is 2.75 bits per heavy atom. The van der Waals surface area contributed by atoms with Gasteiger partial charge in [-0.25, -0.2) is 13.1 Å². The lowest BCUT2D eigenvalue weighted by Crippen LogP contribution is -2.36. The first-order chi connectivity index (χ1) is 9.33. The zero-order valence-corrected chi connectivity index (χ0v) is 13.8. The highest BCUT2D eigenvalue weighted by Gasteiger charge is 2.28. The predicted molar refractivity (Wildman–Crippen MR) is 81.3 cm³/mol. The average molecular weight is 364 g/mol. The van der Waals surface area contributed by atoms with Crippen LogP contribution in [-0.4, -0.2) is 46.6 Å². The number of ether oxygens (including phenoxy) is 1. The summed E-state index contributed by atoms with van der Waals surface area (Å²) in [7, 11) is -0.256. The number of halogens is 1. The summed E-state index contributed by atoms with van der Waals surface area (Å²) in [5.74, 6) is 0.268. The molecule has 0 aliphatic carbocycles. The molecule has 0 saturated carbocycles. The third-order valence-corrected chi connectivity index (χ3v) is 5.51. The number of likely N-dealkylation sites (N-methyl/N-ethyl adjacent to an activating group) is 1. The second-order valence-corrected chi connectivity index (χ2v) is 7.43. The smallest absolute Gasteiger partial charge is 0.244 e. The summed E-state index contributed by atoms with van der Waals surface area (Å²) >= 11 is 3.26. The van der Waals surface area contributed by atoms with Crippen LogP contribution < -0.4 is 15.2 Å². The topological polar surface area (TPSA) is 84.7 Å². The highest BCUT2D eigenvalue weighted by atomic mass is 79.9. The van der Waals surface area contributed by atoms with Crippen LogP contribution in [0.2, 0.25) is 0 Å². The van der Waals surface area contributed by atoms with Crippen molar-refractivity contribution in [2.75, 3.05) is 33.0 Å². The molecule has 0 amide bonds. The van der Waals surface area contributed by atoms with Crippen molar-refractivity contribution in [3.8, 4) is 5.75 Å². The van der Waals surface area contributed by atoms with Crippen molar-refractivity contribution in [2.24, 2.45) is 0 Å². The monoisotopic (exact) mass is 363 g/mol. The Labute approximate surface area is 127 Å². The van der Waals surface area contributed by atoms with Crippen LogP contribution in [0.1, 0.15) is 6.42 Å². The molecule has 0 aromatic heterocycles. The predicted octanol–water partition coefficient (Wildman–Crippen LogP) is 1.02. The Kier molecular flexibility index (Phi) is 4.58. The van der Waals surface area contributed by atoms with Crippen molar-refractivity contribution in [1.29, 1.82) is 0 Å². The number of nitrogen functional groups attached to an aromatic ring is 1. The summed E-state index contributed by atoms with van der Waals surface area (Å²) in [6, 6.07) is 2.88. The molecule has 6 nitrogen and oxygen atoms in total. The summed E-state index contributed by atoms with van der Waals surface area (Å²) in [5, 5.41) is 0. The Morgan fingerprint density at radius 1 is 1.50 bits per heavy atom. The standard InChI is InChI=1S/C12H18BrN3O3S/c1-16-4-3-8(7-16)15-20(17,18)12-6-10(14)9(13)5-11(12)19-2/h5-6,8,15H,3-4,7,14H2,1-2H3. The third kappa shape index (κ3) is 3.25. The first-order valence-corrected chi connectivity index (χ1v) is 8.45. The molecule has 3 N–H and O–H groups in total. The van der Waals surface area contributed by atoms with E-state index in [1.54, 1.807) is 6.07 Å². The zero-order chi connectivity index (χ0) is 14.9. The molecule has 1 atom stereocenters. The van der Waals surface area contributed by atoms with E-state index in [-0.39, 0.29) is 16.7 Å². The zero-order valence-electron chi connectivity index (χ0n) is 11.4. The molecule has 1 aliphatic heterocycles. The Bertz CT molecular complexity index is 606. The van der Waals surface area contributed by atoms with E-state index in [2.05, 4.69) is 25.6 Å². The van der Waals surface area contributed by atoms with Gasteiger partial charge in [-0.05, 0) is 48.1 Å². The van der Waals surface area contributed by atoms with Crippen molar-refractivity contribution < 1.29 is 13.2 Å². The van der Waals surface area contributed by atoms with Gasteiger partial charge in [0.1, 0.15) is 10.6 Å². The van der Waals surface area contributed by atoms with E-state index in [1.807, 2.05) is 7.05 Å². The van der Waals surface area contributed by atoms with Crippen LogP contribution in [0.15, 0.2) is 21.5 Å². The van der Waals surface area contributed by atoms with Gasteiger partial charge in [0.15, 0.2) is 0 Å². The minimum Gasteiger partial charge on any atom is -0.495 e. The van der Waals surface area contributed by atoms with Crippen LogP contribution in [0, 0.1) is 0 Å². The summed E-state index contributed by atoms with van der Waals surface area (Å²) in [6.45, 7) is 1.58. The van der Waals surface area contributed by atoms with E-state index in [4.69, 9.17) is 10.5 Å². The van der Waals surface area contributed by atoms with Crippen LogP contribution in [0.3, 0.4) is 0 Å². The normalized spacial score (nSPS) is 20.2. The van der Waals surface area contributed by atoms with E-state index in [0.717, 1.165) is 13.0 Å². The van der Waals surface area contributed by atoms with Gasteiger partial charge < -0.3 is 15.4 Å². The maximum absolute atomic E-state index is 12.5. The van der Waals surface area contributed by atoms with Crippen molar-refractivity contribution in [1.82, 2.24) is 9.62 Å². The molecule has 20 heavy (non-hydrogen) atoms. The number of benzene rings is 1. The molecule has 1 aromatic rings. The summed E-state index contributed by atoms with van der Waals surface area (Å²) < 4.78 is 33.4. The van der Waals surface area contributed by atoms with Crippen LogP contribution >= 0.6 is 15.9 Å². The first-order valence-electron chi connectivity index (χ1n) is 6.17. The fourth-order valence-corrected chi connectivity index (χ4v) is 4.00. The largest absolute Gasteiger partial charge is 0.495 e. The molecule has 0 spiro atoms. The maximum atomic E-state index is 12.5. The number of sulfonamides is 1. The first kappa shape index (κ1) is 15.6. The van der Waals surface area contributed by atoms with Crippen LogP contribution in [0.25, 0.3) is 0 Å². The lowest BCUT2D eigenvalue weighted by Gasteiger charge is -2.16. The van der Waals surface area contributed by atoms with Crippen molar-refractivity contribution in [3.05, 3.63) is 16.6 Å². The van der Waals surface area contributed by atoms with Crippen molar-refractivity contribution >= 4 is 31.6 Å². The number of likely N-dealkylation sites (tertiary alicyclic amines) is 1. The second kappa shape index (κ2) is 5.88. The summed E-state index contributed by atoms with van der Waals surface area (Å²) in [5.41, 5.74) is 6.12. The molecule has 0 bridgehead atoms. The average Bonchev–Trinajstić information content (AvgIpc) is 2.76. The molecule has 1 saturated heterocycles. The number of hydrogen-bond donors (Lipinski definition) is 2. The molecule has 112 valence electrons. The van der Waals surface area contributed by atoms with E-state index >= 15 is 0 Å². The number of nitrogens with one attached hydrogen (secondary N) is 1. The third-order valence-electron chi connectivity index (χ3n) is 3.29. The Hall–Kier alpha value is -0.830. The van der Waals surface area contributed by atoms with E-state index in [0.29, 0.717) is 16.7 Å². The highest BCUT2D eigenvalue weighted by Crippen LogP contribution is 2.32. The second-order valence-electron chi connectivity index (χ2n) is 4.89. The SMILES string of the molecule is COc1cc(Br)c(N)cc1S(=O)(=O)NC1CCN(C)C1. The molecule has 1 heterocycles.